The van der Waals surface area contributed by atoms with Gasteiger partial charge < -0.3 is 18.6 Å². The summed E-state index contributed by atoms with van der Waals surface area (Å²) in [6.45, 7) is 22.5. The van der Waals surface area contributed by atoms with E-state index in [9.17, 15) is 0 Å². The summed E-state index contributed by atoms with van der Waals surface area (Å²) in [7, 11) is -0.784. The van der Waals surface area contributed by atoms with Crippen molar-refractivity contribution in [3.63, 3.8) is 0 Å². The number of hydrogen-bond acceptors (Lipinski definition) is 6. The van der Waals surface area contributed by atoms with Crippen LogP contribution in [-0.2, 0) is 44.8 Å². The molecule has 0 unspecified atom stereocenters. The maximum atomic E-state index is 6.62. The normalized spacial score (nSPS) is 17.8. The number of nitrogens with zero attached hydrogens (tertiary/aromatic N) is 2. The summed E-state index contributed by atoms with van der Waals surface area (Å²) in [6.07, 6.45) is 4.58. The molecule has 2 aliphatic rings. The number of benzene rings is 7. The molecule has 0 aliphatic carbocycles. The molecule has 0 aromatic heterocycles. The fraction of sp³-hybridized carbons (Fsp3) is 0.393. The molecule has 64 heavy (non-hydrogen) atoms. The summed E-state index contributed by atoms with van der Waals surface area (Å²) >= 11 is 0. The maximum absolute atomic E-state index is 6.62. The minimum Gasteiger partial charge on any atom is -0.399 e. The van der Waals surface area contributed by atoms with E-state index in [4.69, 9.17) is 18.6 Å². The predicted octanol–water partition coefficient (Wildman–Crippen LogP) is 11.4. The third-order valence-electron chi connectivity index (χ3n) is 14.9. The molecule has 9 rings (SSSR count). The molecule has 0 radical (unpaired) electrons. The van der Waals surface area contributed by atoms with Crippen molar-refractivity contribution >= 4 is 57.5 Å². The second kappa shape index (κ2) is 18.0. The Bertz CT molecular complexity index is 2650. The van der Waals surface area contributed by atoms with Crippen LogP contribution in [0.15, 0.2) is 133 Å². The maximum Gasteiger partial charge on any atom is 0.495 e. The number of rotatable bonds is 17. The van der Waals surface area contributed by atoms with Gasteiger partial charge >= 0.3 is 14.2 Å². The molecule has 0 bridgehead atoms. The Hall–Kier alpha value is -4.53. The zero-order chi connectivity index (χ0) is 44.7. The molecule has 8 heteroatoms. The Morgan fingerprint density at radius 2 is 0.797 bits per heavy atom. The quantitative estimate of drug-likeness (QED) is 0.0517. The highest BCUT2D eigenvalue weighted by Crippen LogP contribution is 2.39. The van der Waals surface area contributed by atoms with E-state index in [0.717, 1.165) is 69.5 Å². The van der Waals surface area contributed by atoms with Gasteiger partial charge in [0.2, 0.25) is 0 Å². The van der Waals surface area contributed by atoms with Crippen LogP contribution < -0.4 is 10.9 Å². The minimum absolute atomic E-state index is 0.382. The van der Waals surface area contributed by atoms with Gasteiger partial charge in [0.05, 0.1) is 22.4 Å². The lowest BCUT2D eigenvalue weighted by Gasteiger charge is -2.32. The Kier molecular flexibility index (Phi) is 12.6. The second-order valence-corrected chi connectivity index (χ2v) is 20.5. The fourth-order valence-corrected chi connectivity index (χ4v) is 9.71. The van der Waals surface area contributed by atoms with Crippen molar-refractivity contribution in [2.75, 3.05) is 13.1 Å². The third kappa shape index (κ3) is 9.16. The largest absolute Gasteiger partial charge is 0.495 e. The summed E-state index contributed by atoms with van der Waals surface area (Å²) in [5.41, 5.74) is 5.90. The van der Waals surface area contributed by atoms with E-state index in [2.05, 4.69) is 199 Å². The van der Waals surface area contributed by atoms with Crippen LogP contribution in [0, 0.1) is 0 Å². The first-order chi connectivity index (χ1) is 30.7. The lowest BCUT2D eigenvalue weighted by Crippen LogP contribution is -2.41. The Morgan fingerprint density at radius 3 is 1.33 bits per heavy atom. The van der Waals surface area contributed by atoms with Crippen LogP contribution in [0.4, 0.5) is 0 Å². The molecule has 6 nitrogen and oxygen atoms in total. The molecule has 7 aromatic carbocycles. The molecule has 0 amide bonds. The van der Waals surface area contributed by atoms with E-state index in [1.165, 1.54) is 61.0 Å². The number of unbranched alkanes of at least 4 members (excludes halogenated alkanes) is 3. The first-order valence-corrected chi connectivity index (χ1v) is 23.7. The van der Waals surface area contributed by atoms with Crippen LogP contribution >= 0.6 is 0 Å². The Labute approximate surface area is 382 Å². The van der Waals surface area contributed by atoms with Crippen LogP contribution in [0.3, 0.4) is 0 Å². The van der Waals surface area contributed by atoms with E-state index in [1.54, 1.807) is 0 Å². The van der Waals surface area contributed by atoms with Crippen LogP contribution in [0.2, 0.25) is 0 Å². The molecule has 2 aliphatic heterocycles. The molecule has 2 heterocycles. The standard InChI is InChI=1S/C56H66B2N2O4/c1-53(2)54(3,4)62-57(61-53)49-27-16-14-23-46(49)39-59(37-41-21-12-11-13-22-41)35-18-9-10-19-36-60(40-47-24-15-17-28-50(47)58-63-55(5,6)56(7,8)64-58)38-45-32-31-44-30-29-42-25-20-26-43-33-34-48(45)52(44)51(42)43/h11-17,20-34H,9-10,18-19,35-40H2,1-8H3. The van der Waals surface area contributed by atoms with Gasteiger partial charge in [0.1, 0.15) is 0 Å². The molecule has 0 saturated carbocycles. The smallest absolute Gasteiger partial charge is 0.399 e. The molecular weight excluding hydrogens is 786 g/mol. The first kappa shape index (κ1) is 44.7. The summed E-state index contributed by atoms with van der Waals surface area (Å²) in [5, 5.41) is 8.01. The van der Waals surface area contributed by atoms with Crippen molar-refractivity contribution in [3.8, 4) is 0 Å². The highest BCUT2D eigenvalue weighted by atomic mass is 16.7. The predicted molar refractivity (Wildman–Crippen MR) is 268 cm³/mol. The molecule has 2 fully saturated rings. The molecule has 330 valence electrons. The van der Waals surface area contributed by atoms with Crippen molar-refractivity contribution in [3.05, 3.63) is 156 Å². The SMILES string of the molecule is CC1(C)OB(c2ccccc2CN(CCCCCCN(Cc2ccccc2B2OC(C)(C)C(C)(C)O2)Cc2ccc3ccc4cccc5ccc2c3c45)Cc2ccccc2)OC1(C)C. The summed E-state index contributed by atoms with van der Waals surface area (Å²) in [6, 6.07) is 48.9. The van der Waals surface area contributed by atoms with Gasteiger partial charge in [-0.2, -0.15) is 0 Å². The average molecular weight is 853 g/mol. The van der Waals surface area contributed by atoms with Gasteiger partial charge in [-0.1, -0.05) is 146 Å². The lowest BCUT2D eigenvalue weighted by molar-refractivity contribution is 0.00578. The van der Waals surface area contributed by atoms with Gasteiger partial charge in [-0.15, -0.1) is 0 Å². The van der Waals surface area contributed by atoms with Crippen molar-refractivity contribution in [2.45, 2.75) is 130 Å². The zero-order valence-electron chi connectivity index (χ0n) is 39.5. The van der Waals surface area contributed by atoms with Gasteiger partial charge in [0.25, 0.3) is 0 Å². The topological polar surface area (TPSA) is 43.4 Å². The average Bonchev–Trinajstić information content (AvgIpc) is 3.63. The molecule has 0 N–H and O–H groups in total. The van der Waals surface area contributed by atoms with E-state index in [1.807, 2.05) is 0 Å². The molecular formula is C56H66B2N2O4. The minimum atomic E-state index is -0.403. The van der Waals surface area contributed by atoms with E-state index < -0.39 is 18.3 Å². The highest BCUT2D eigenvalue weighted by Gasteiger charge is 2.53. The van der Waals surface area contributed by atoms with Crippen LogP contribution in [-0.4, -0.2) is 59.5 Å². The molecule has 7 aromatic rings. The summed E-state index contributed by atoms with van der Waals surface area (Å²) < 4.78 is 26.3. The molecule has 0 atom stereocenters. The Morgan fingerprint density at radius 1 is 0.375 bits per heavy atom. The van der Waals surface area contributed by atoms with Crippen molar-refractivity contribution in [2.24, 2.45) is 0 Å². The second-order valence-electron chi connectivity index (χ2n) is 20.5. The van der Waals surface area contributed by atoms with Gasteiger partial charge in [-0.05, 0) is 147 Å². The van der Waals surface area contributed by atoms with Crippen LogP contribution in [0.25, 0.3) is 32.3 Å². The molecule has 0 spiro atoms. The summed E-state index contributed by atoms with van der Waals surface area (Å²) in [4.78, 5) is 5.26. The van der Waals surface area contributed by atoms with Crippen LogP contribution in [0.5, 0.6) is 0 Å². The van der Waals surface area contributed by atoms with E-state index in [0.29, 0.717) is 0 Å². The highest BCUT2D eigenvalue weighted by molar-refractivity contribution is 6.63. The van der Waals surface area contributed by atoms with Crippen molar-refractivity contribution in [1.29, 1.82) is 0 Å². The van der Waals surface area contributed by atoms with Gasteiger partial charge in [-0.3, -0.25) is 9.80 Å². The van der Waals surface area contributed by atoms with Crippen molar-refractivity contribution < 1.29 is 18.6 Å². The monoisotopic (exact) mass is 853 g/mol. The number of hydrogen-bond donors (Lipinski definition) is 0. The van der Waals surface area contributed by atoms with Crippen molar-refractivity contribution in [1.82, 2.24) is 9.80 Å². The van der Waals surface area contributed by atoms with E-state index in [-0.39, 0.29) is 18.3 Å². The Balaban J connectivity index is 0.913. The zero-order valence-corrected chi connectivity index (χ0v) is 39.5. The first-order valence-electron chi connectivity index (χ1n) is 23.7. The lowest BCUT2D eigenvalue weighted by atomic mass is 9.76. The third-order valence-corrected chi connectivity index (χ3v) is 14.9. The summed E-state index contributed by atoms with van der Waals surface area (Å²) in [5.74, 6) is 0. The van der Waals surface area contributed by atoms with Gasteiger partial charge in [-0.25, -0.2) is 0 Å². The van der Waals surface area contributed by atoms with Crippen LogP contribution in [0.1, 0.15) is 103 Å². The van der Waals surface area contributed by atoms with Gasteiger partial charge in [0, 0.05) is 26.2 Å². The fourth-order valence-electron chi connectivity index (χ4n) is 9.71. The molecule has 2 saturated heterocycles. The van der Waals surface area contributed by atoms with Gasteiger partial charge in [0.15, 0.2) is 0 Å². The van der Waals surface area contributed by atoms with E-state index >= 15 is 0 Å².